The first-order valence-corrected chi connectivity index (χ1v) is 3.83. The second-order valence-electron chi connectivity index (χ2n) is 2.79. The molecule has 0 heterocycles. The maximum atomic E-state index is 11.7. The van der Waals surface area contributed by atoms with Gasteiger partial charge in [-0.2, -0.15) is 13.2 Å². The Morgan fingerprint density at radius 3 is 2.31 bits per heavy atom. The van der Waals surface area contributed by atoms with Crippen molar-refractivity contribution in [1.29, 1.82) is 0 Å². The molecule has 0 aliphatic carbocycles. The molecule has 0 amide bonds. The molecule has 3 N–H and O–H groups in total. The summed E-state index contributed by atoms with van der Waals surface area (Å²) >= 11 is 0. The Morgan fingerprint density at radius 1 is 1.38 bits per heavy atom. The molecule has 3 nitrogen and oxygen atoms in total. The van der Waals surface area contributed by atoms with Crippen molar-refractivity contribution in [2.45, 2.75) is 37.6 Å². The number of halogens is 3. The van der Waals surface area contributed by atoms with Crippen molar-refractivity contribution in [1.82, 2.24) is 0 Å². The maximum absolute atomic E-state index is 11.7. The molecule has 0 aliphatic heterocycles. The summed E-state index contributed by atoms with van der Waals surface area (Å²) in [6.45, 7) is 0. The summed E-state index contributed by atoms with van der Waals surface area (Å²) in [5, 5.41) is 8.52. The normalized spacial score (nSPS) is 16.7. The molecule has 0 fully saturated rings. The van der Waals surface area contributed by atoms with Crippen LogP contribution in [0.3, 0.4) is 0 Å². The van der Waals surface area contributed by atoms with E-state index in [4.69, 9.17) is 10.8 Å². The number of rotatable bonds is 5. The molecule has 0 saturated heterocycles. The van der Waals surface area contributed by atoms with E-state index in [1.807, 2.05) is 0 Å². The van der Waals surface area contributed by atoms with Gasteiger partial charge < -0.3 is 15.6 Å². The molecule has 0 rings (SSSR count). The lowest BCUT2D eigenvalue weighted by molar-refractivity contribution is -0.205. The zero-order chi connectivity index (χ0) is 10.5. The standard InChI is InChI=1S/C7H12F3NO2/c8-7(9,10)6(13)3-1-2-5(11)4-12/h4-6,13H,1-3,11H2/t5-,6?/m0/s1. The highest BCUT2D eigenvalue weighted by Crippen LogP contribution is 2.23. The summed E-state index contributed by atoms with van der Waals surface area (Å²) in [6, 6.07) is -0.736. The van der Waals surface area contributed by atoms with Crippen molar-refractivity contribution in [3.05, 3.63) is 0 Å². The molecular formula is C7H12F3NO2. The van der Waals surface area contributed by atoms with E-state index in [0.29, 0.717) is 6.29 Å². The van der Waals surface area contributed by atoms with E-state index in [-0.39, 0.29) is 12.8 Å². The summed E-state index contributed by atoms with van der Waals surface area (Å²) < 4.78 is 35.1. The molecule has 0 aromatic heterocycles. The molecule has 0 spiro atoms. The number of aldehydes is 1. The van der Waals surface area contributed by atoms with E-state index in [9.17, 15) is 18.0 Å². The van der Waals surface area contributed by atoms with Crippen LogP contribution in [-0.4, -0.2) is 29.7 Å². The zero-order valence-corrected chi connectivity index (χ0v) is 6.92. The van der Waals surface area contributed by atoms with Gasteiger partial charge in [-0.15, -0.1) is 0 Å². The number of hydrogen-bond acceptors (Lipinski definition) is 3. The van der Waals surface area contributed by atoms with Gasteiger partial charge in [-0.25, -0.2) is 0 Å². The number of aliphatic hydroxyl groups is 1. The maximum Gasteiger partial charge on any atom is 0.414 e. The Hall–Kier alpha value is -0.620. The van der Waals surface area contributed by atoms with Gasteiger partial charge in [0.15, 0.2) is 0 Å². The molecule has 0 aromatic carbocycles. The molecule has 0 bridgehead atoms. The van der Waals surface area contributed by atoms with Crippen LogP contribution in [0, 0.1) is 0 Å². The Labute approximate surface area is 73.7 Å². The van der Waals surface area contributed by atoms with Gasteiger partial charge in [-0.3, -0.25) is 0 Å². The minimum atomic E-state index is -4.58. The third-order valence-corrected chi connectivity index (χ3v) is 1.57. The lowest BCUT2D eigenvalue weighted by Crippen LogP contribution is -2.29. The zero-order valence-electron chi connectivity index (χ0n) is 6.92. The first-order chi connectivity index (χ1) is 5.88. The topological polar surface area (TPSA) is 63.3 Å². The van der Waals surface area contributed by atoms with Crippen molar-refractivity contribution in [2.75, 3.05) is 0 Å². The van der Waals surface area contributed by atoms with E-state index < -0.39 is 24.7 Å². The van der Waals surface area contributed by atoms with Crippen LogP contribution in [0.2, 0.25) is 0 Å². The fourth-order valence-corrected chi connectivity index (χ4v) is 0.779. The summed E-state index contributed by atoms with van der Waals surface area (Å²) in [7, 11) is 0. The van der Waals surface area contributed by atoms with Gasteiger partial charge in [-0.1, -0.05) is 0 Å². The molecule has 13 heavy (non-hydrogen) atoms. The number of carbonyl (C=O) groups excluding carboxylic acids is 1. The minimum Gasteiger partial charge on any atom is -0.384 e. The Bertz CT molecular complexity index is 160. The van der Waals surface area contributed by atoms with Crippen LogP contribution in [0.1, 0.15) is 19.3 Å². The number of alkyl halides is 3. The molecule has 6 heteroatoms. The van der Waals surface area contributed by atoms with Crippen LogP contribution in [0.5, 0.6) is 0 Å². The van der Waals surface area contributed by atoms with Crippen LogP contribution in [0.15, 0.2) is 0 Å². The van der Waals surface area contributed by atoms with Crippen LogP contribution in [-0.2, 0) is 4.79 Å². The Morgan fingerprint density at radius 2 is 1.92 bits per heavy atom. The lowest BCUT2D eigenvalue weighted by atomic mass is 10.1. The first kappa shape index (κ1) is 12.4. The van der Waals surface area contributed by atoms with Crippen LogP contribution in [0.25, 0.3) is 0 Å². The predicted octanol–water partition coefficient (Wildman–Crippen LogP) is 0.606. The quantitative estimate of drug-likeness (QED) is 0.637. The van der Waals surface area contributed by atoms with Crippen LogP contribution < -0.4 is 5.73 Å². The van der Waals surface area contributed by atoms with Gasteiger partial charge in [-0.05, 0) is 19.3 Å². The highest BCUT2D eigenvalue weighted by Gasteiger charge is 2.37. The van der Waals surface area contributed by atoms with Crippen molar-refractivity contribution < 1.29 is 23.1 Å². The van der Waals surface area contributed by atoms with E-state index in [2.05, 4.69) is 0 Å². The summed E-state index contributed by atoms with van der Waals surface area (Å²) in [5.74, 6) is 0. The smallest absolute Gasteiger partial charge is 0.384 e. The van der Waals surface area contributed by atoms with Gasteiger partial charge in [0.25, 0.3) is 0 Å². The second-order valence-corrected chi connectivity index (χ2v) is 2.79. The van der Waals surface area contributed by atoms with Crippen molar-refractivity contribution >= 4 is 6.29 Å². The van der Waals surface area contributed by atoms with E-state index in [0.717, 1.165) is 0 Å². The average Bonchev–Trinajstić information content (AvgIpc) is 2.02. The Balaban J connectivity index is 3.59. The molecular weight excluding hydrogens is 187 g/mol. The fraction of sp³-hybridized carbons (Fsp3) is 0.857. The van der Waals surface area contributed by atoms with Crippen LogP contribution >= 0.6 is 0 Å². The Kier molecular flexibility index (Phi) is 4.94. The third kappa shape index (κ3) is 5.59. The number of aliphatic hydroxyl groups excluding tert-OH is 1. The molecule has 0 aliphatic rings. The average molecular weight is 199 g/mol. The largest absolute Gasteiger partial charge is 0.414 e. The molecule has 2 atom stereocenters. The molecule has 78 valence electrons. The van der Waals surface area contributed by atoms with Crippen molar-refractivity contribution in [2.24, 2.45) is 5.73 Å². The number of hydrogen-bond donors (Lipinski definition) is 2. The van der Waals surface area contributed by atoms with Crippen molar-refractivity contribution in [3.8, 4) is 0 Å². The van der Waals surface area contributed by atoms with Gasteiger partial charge >= 0.3 is 6.18 Å². The number of nitrogens with two attached hydrogens (primary N) is 1. The summed E-state index contributed by atoms with van der Waals surface area (Å²) in [4.78, 5) is 9.97. The van der Waals surface area contributed by atoms with Gasteiger partial charge in [0, 0.05) is 0 Å². The lowest BCUT2D eigenvalue weighted by Gasteiger charge is -2.14. The van der Waals surface area contributed by atoms with E-state index in [1.54, 1.807) is 0 Å². The fourth-order valence-electron chi connectivity index (χ4n) is 0.779. The van der Waals surface area contributed by atoms with Crippen LogP contribution in [0.4, 0.5) is 13.2 Å². The molecule has 1 unspecified atom stereocenters. The van der Waals surface area contributed by atoms with E-state index >= 15 is 0 Å². The SMILES string of the molecule is N[C@H](C=O)CCCC(O)C(F)(F)F. The monoisotopic (exact) mass is 199 g/mol. The molecule has 0 saturated carbocycles. The summed E-state index contributed by atoms with van der Waals surface area (Å²) in [5.41, 5.74) is 5.14. The predicted molar refractivity (Wildman–Crippen MR) is 40.0 cm³/mol. The van der Waals surface area contributed by atoms with Gasteiger partial charge in [0.1, 0.15) is 12.4 Å². The highest BCUT2D eigenvalue weighted by molar-refractivity contribution is 5.56. The molecule has 0 aromatic rings. The van der Waals surface area contributed by atoms with Gasteiger partial charge in [0.2, 0.25) is 0 Å². The third-order valence-electron chi connectivity index (χ3n) is 1.57. The number of carbonyl (C=O) groups is 1. The molecule has 0 radical (unpaired) electrons. The highest BCUT2D eigenvalue weighted by atomic mass is 19.4. The minimum absolute atomic E-state index is 0.0839. The first-order valence-electron chi connectivity index (χ1n) is 3.83. The van der Waals surface area contributed by atoms with Gasteiger partial charge in [0.05, 0.1) is 6.04 Å². The van der Waals surface area contributed by atoms with Crippen molar-refractivity contribution in [3.63, 3.8) is 0 Å². The summed E-state index contributed by atoms with van der Waals surface area (Å²) in [6.07, 6.45) is -6.58. The second kappa shape index (κ2) is 5.18. The van der Waals surface area contributed by atoms with E-state index in [1.165, 1.54) is 0 Å².